The van der Waals surface area contributed by atoms with E-state index in [1.165, 1.54) is 0 Å². The van der Waals surface area contributed by atoms with E-state index >= 15 is 0 Å². The first kappa shape index (κ1) is 11.0. The maximum atomic E-state index is 12.0. The van der Waals surface area contributed by atoms with Gasteiger partial charge in [0.1, 0.15) is 0 Å². The van der Waals surface area contributed by atoms with Crippen LogP contribution >= 0.6 is 0 Å². The molecule has 0 saturated heterocycles. The van der Waals surface area contributed by atoms with E-state index in [0.29, 0.717) is 17.8 Å². The number of hydrogen-bond acceptors (Lipinski definition) is 2. The molecule has 0 N–H and O–H groups in total. The van der Waals surface area contributed by atoms with Crippen LogP contribution in [0.5, 0.6) is 0 Å². The molecule has 90 valence electrons. The largest absolute Gasteiger partial charge is 0.294 e. The van der Waals surface area contributed by atoms with Gasteiger partial charge in [0.2, 0.25) is 0 Å². The van der Waals surface area contributed by atoms with E-state index < -0.39 is 0 Å². The minimum absolute atomic E-state index is 0.0232. The van der Waals surface area contributed by atoms with Gasteiger partial charge in [-0.2, -0.15) is 5.26 Å². The molecular weight excluding hydrogens is 210 g/mol. The van der Waals surface area contributed by atoms with Crippen molar-refractivity contribution in [2.24, 2.45) is 34.5 Å². The second-order valence-electron chi connectivity index (χ2n) is 6.41. The fourth-order valence-corrected chi connectivity index (χ4v) is 4.94. The molecule has 0 aliphatic heterocycles. The number of carbonyl (C=O) groups is 1. The van der Waals surface area contributed by atoms with Crippen LogP contribution in [0, 0.1) is 45.8 Å². The van der Waals surface area contributed by atoms with Gasteiger partial charge in [0.25, 0.3) is 0 Å². The molecule has 1 spiro atoms. The van der Waals surface area contributed by atoms with Crippen LogP contribution in [0.1, 0.15) is 33.6 Å². The summed E-state index contributed by atoms with van der Waals surface area (Å²) in [5, 5.41) is 9.71. The molecule has 0 radical (unpaired) electrons. The lowest BCUT2D eigenvalue weighted by Gasteiger charge is -2.38. The van der Waals surface area contributed by atoms with E-state index in [4.69, 9.17) is 0 Å². The average molecular weight is 229 g/mol. The van der Waals surface area contributed by atoms with Crippen molar-refractivity contribution in [3.05, 3.63) is 12.2 Å². The Kier molecular flexibility index (Phi) is 1.95. The van der Waals surface area contributed by atoms with Crippen LogP contribution < -0.4 is 0 Å². The third-order valence-electron chi connectivity index (χ3n) is 5.67. The van der Waals surface area contributed by atoms with Crippen molar-refractivity contribution in [1.29, 1.82) is 5.26 Å². The Balaban J connectivity index is 2.13. The molecule has 3 rings (SSSR count). The minimum Gasteiger partial charge on any atom is -0.294 e. The van der Waals surface area contributed by atoms with E-state index in [0.717, 1.165) is 12.8 Å². The van der Waals surface area contributed by atoms with Crippen LogP contribution in [0.25, 0.3) is 0 Å². The molecule has 2 fully saturated rings. The van der Waals surface area contributed by atoms with Crippen molar-refractivity contribution in [2.45, 2.75) is 33.6 Å². The normalized spacial score (nSPS) is 51.0. The molecule has 5 atom stereocenters. The highest BCUT2D eigenvalue weighted by atomic mass is 16.1. The van der Waals surface area contributed by atoms with Gasteiger partial charge in [-0.15, -0.1) is 0 Å². The zero-order chi connectivity index (χ0) is 12.4. The first-order valence-corrected chi connectivity index (χ1v) is 6.66. The maximum Gasteiger partial charge on any atom is 0.161 e. The van der Waals surface area contributed by atoms with Crippen LogP contribution in [0.4, 0.5) is 0 Å². The highest BCUT2D eigenvalue weighted by Crippen LogP contribution is 2.82. The quantitative estimate of drug-likeness (QED) is 0.693. The fraction of sp³-hybridized carbons (Fsp3) is 0.733. The molecule has 0 unspecified atom stereocenters. The summed E-state index contributed by atoms with van der Waals surface area (Å²) in [5.41, 5.74) is -0.476. The van der Waals surface area contributed by atoms with E-state index in [1.807, 2.05) is 0 Å². The molecule has 2 heteroatoms. The Morgan fingerprint density at radius 1 is 1.47 bits per heavy atom. The summed E-state index contributed by atoms with van der Waals surface area (Å²) in [6, 6.07) is 2.57. The van der Waals surface area contributed by atoms with E-state index in [2.05, 4.69) is 32.9 Å². The molecular formula is C15H19NO. The average Bonchev–Trinajstić information content (AvgIpc) is 2.77. The second-order valence-corrected chi connectivity index (χ2v) is 6.41. The zero-order valence-corrected chi connectivity index (χ0v) is 10.7. The number of ketones is 1. The van der Waals surface area contributed by atoms with Crippen LogP contribution in [0.2, 0.25) is 0 Å². The minimum atomic E-state index is -0.370. The SMILES string of the molecule is CC(C)[C@@H]1CC[C@@H](C)[C@]23C=CC(=O)[C@H]2[C@]13C#N. The van der Waals surface area contributed by atoms with Crippen molar-refractivity contribution in [2.75, 3.05) is 0 Å². The van der Waals surface area contributed by atoms with Gasteiger partial charge in [0, 0.05) is 5.41 Å². The van der Waals surface area contributed by atoms with Crippen molar-refractivity contribution in [1.82, 2.24) is 0 Å². The van der Waals surface area contributed by atoms with Crippen LogP contribution in [-0.2, 0) is 4.79 Å². The van der Waals surface area contributed by atoms with E-state index in [-0.39, 0.29) is 22.5 Å². The Morgan fingerprint density at radius 2 is 2.18 bits per heavy atom. The van der Waals surface area contributed by atoms with E-state index in [9.17, 15) is 10.1 Å². The lowest BCUT2D eigenvalue weighted by molar-refractivity contribution is -0.116. The molecule has 2 saturated carbocycles. The Hall–Kier alpha value is -1.10. The summed E-state index contributed by atoms with van der Waals surface area (Å²) in [6.45, 7) is 6.59. The smallest absolute Gasteiger partial charge is 0.161 e. The van der Waals surface area contributed by atoms with Crippen molar-refractivity contribution >= 4 is 5.78 Å². The molecule has 0 aromatic rings. The first-order valence-electron chi connectivity index (χ1n) is 6.66. The zero-order valence-electron chi connectivity index (χ0n) is 10.7. The lowest BCUT2D eigenvalue weighted by Crippen LogP contribution is -2.34. The van der Waals surface area contributed by atoms with Gasteiger partial charge in [-0.25, -0.2) is 0 Å². The molecule has 17 heavy (non-hydrogen) atoms. The van der Waals surface area contributed by atoms with Crippen molar-refractivity contribution < 1.29 is 4.79 Å². The third-order valence-corrected chi connectivity index (χ3v) is 5.67. The standard InChI is InChI=1S/C15H19NO/c1-9(2)11-5-4-10(3)14-7-6-12(17)13(14)15(11,14)8-16/h6-7,9-11,13H,4-5H2,1-3H3/t10-,11+,13-,14-,15+/m1/s1. The number of carbonyl (C=O) groups excluding carboxylic acids is 1. The van der Waals surface area contributed by atoms with Crippen molar-refractivity contribution in [3.63, 3.8) is 0 Å². The Morgan fingerprint density at radius 3 is 2.76 bits per heavy atom. The van der Waals surface area contributed by atoms with Crippen LogP contribution in [-0.4, -0.2) is 5.78 Å². The van der Waals surface area contributed by atoms with Gasteiger partial charge in [-0.1, -0.05) is 26.8 Å². The molecule has 0 aromatic heterocycles. The summed E-state index contributed by atoms with van der Waals surface area (Å²) >= 11 is 0. The summed E-state index contributed by atoms with van der Waals surface area (Å²) in [7, 11) is 0. The predicted molar refractivity (Wildman–Crippen MR) is 64.8 cm³/mol. The number of nitriles is 1. The Bertz CT molecular complexity index is 458. The number of allylic oxidation sites excluding steroid dienone is 2. The fourth-order valence-electron chi connectivity index (χ4n) is 4.94. The number of nitrogens with zero attached hydrogens (tertiary/aromatic N) is 1. The molecule has 0 aromatic carbocycles. The molecule has 3 aliphatic carbocycles. The third kappa shape index (κ3) is 0.921. The number of fused-ring (bicyclic) bond motifs is 1. The van der Waals surface area contributed by atoms with E-state index in [1.54, 1.807) is 6.08 Å². The summed E-state index contributed by atoms with van der Waals surface area (Å²) in [4.78, 5) is 12.0. The summed E-state index contributed by atoms with van der Waals surface area (Å²) < 4.78 is 0. The van der Waals surface area contributed by atoms with Crippen LogP contribution in [0.3, 0.4) is 0 Å². The molecule has 0 bridgehead atoms. The van der Waals surface area contributed by atoms with Gasteiger partial charge in [0.15, 0.2) is 5.78 Å². The van der Waals surface area contributed by atoms with Crippen LogP contribution in [0.15, 0.2) is 12.2 Å². The van der Waals surface area contributed by atoms with Crippen molar-refractivity contribution in [3.8, 4) is 6.07 Å². The van der Waals surface area contributed by atoms with Gasteiger partial charge < -0.3 is 0 Å². The van der Waals surface area contributed by atoms with Gasteiger partial charge >= 0.3 is 0 Å². The molecule has 2 nitrogen and oxygen atoms in total. The maximum absolute atomic E-state index is 12.0. The highest BCUT2D eigenvalue weighted by Gasteiger charge is 2.85. The summed E-state index contributed by atoms with van der Waals surface area (Å²) in [6.07, 6.45) is 6.05. The summed E-state index contributed by atoms with van der Waals surface area (Å²) in [5.74, 6) is 1.54. The van der Waals surface area contributed by atoms with Gasteiger partial charge in [-0.05, 0) is 36.7 Å². The first-order chi connectivity index (χ1) is 8.02. The lowest BCUT2D eigenvalue weighted by atomic mass is 9.64. The van der Waals surface area contributed by atoms with Gasteiger partial charge in [0.05, 0.1) is 17.4 Å². The predicted octanol–water partition coefficient (Wildman–Crippen LogP) is 2.95. The molecule has 0 heterocycles. The topological polar surface area (TPSA) is 40.9 Å². The highest BCUT2D eigenvalue weighted by molar-refractivity contribution is 6.01. The molecule has 0 amide bonds. The molecule has 3 aliphatic rings. The second kappa shape index (κ2) is 3.02. The Labute approximate surface area is 103 Å². The number of rotatable bonds is 1. The monoisotopic (exact) mass is 229 g/mol. The number of hydrogen-bond donors (Lipinski definition) is 0. The van der Waals surface area contributed by atoms with Gasteiger partial charge in [-0.3, -0.25) is 4.79 Å².